The average molecular weight is 234 g/mol. The van der Waals surface area contributed by atoms with Crippen molar-refractivity contribution in [2.45, 2.75) is 59.0 Å². The van der Waals surface area contributed by atoms with Gasteiger partial charge in [0.1, 0.15) is 11.4 Å². The van der Waals surface area contributed by atoms with Gasteiger partial charge in [-0.2, -0.15) is 0 Å². The molecule has 1 unspecified atom stereocenters. The molecular formula is C15H22O2. The van der Waals surface area contributed by atoms with Crippen molar-refractivity contribution < 1.29 is 9.53 Å². The van der Waals surface area contributed by atoms with Crippen LogP contribution in [0, 0.1) is 17.3 Å². The van der Waals surface area contributed by atoms with Gasteiger partial charge in [0.25, 0.3) is 0 Å². The summed E-state index contributed by atoms with van der Waals surface area (Å²) in [7, 11) is 0. The minimum absolute atomic E-state index is 0.0384. The van der Waals surface area contributed by atoms with E-state index in [0.29, 0.717) is 11.3 Å². The molecule has 0 radical (unpaired) electrons. The van der Waals surface area contributed by atoms with Crippen LogP contribution in [0.5, 0.6) is 0 Å². The van der Waals surface area contributed by atoms with Crippen LogP contribution in [-0.2, 0) is 9.53 Å². The van der Waals surface area contributed by atoms with Gasteiger partial charge in [-0.3, -0.25) is 4.79 Å². The maximum Gasteiger partial charge on any atom is 0.159 e. The third-order valence-corrected chi connectivity index (χ3v) is 5.70. The molecule has 0 aromatic carbocycles. The summed E-state index contributed by atoms with van der Waals surface area (Å²) in [5.41, 5.74) is 1.31. The first-order valence-electron chi connectivity index (χ1n) is 6.76. The predicted octanol–water partition coefficient (Wildman–Crippen LogP) is 3.46. The van der Waals surface area contributed by atoms with E-state index in [0.717, 1.165) is 30.1 Å². The molecule has 4 aliphatic rings. The Morgan fingerprint density at radius 1 is 1.41 bits per heavy atom. The number of hydrogen-bond donors (Lipinski definition) is 0. The fraction of sp³-hybridized carbons (Fsp3) is 0.800. The van der Waals surface area contributed by atoms with Crippen molar-refractivity contribution in [1.29, 1.82) is 0 Å². The lowest BCUT2D eigenvalue weighted by molar-refractivity contribution is -0.200. The number of carbonyl (C=O) groups excluding carboxylic acids is 1. The molecule has 0 aromatic rings. The molecule has 0 aromatic heterocycles. The molecule has 17 heavy (non-hydrogen) atoms. The van der Waals surface area contributed by atoms with Crippen molar-refractivity contribution in [3.63, 3.8) is 0 Å². The molecule has 1 heterocycles. The molecule has 3 atom stereocenters. The van der Waals surface area contributed by atoms with Gasteiger partial charge in [-0.15, -0.1) is 0 Å². The first kappa shape index (κ1) is 11.3. The second-order valence-electron chi connectivity index (χ2n) is 6.78. The molecule has 1 spiro atoms. The van der Waals surface area contributed by atoms with Gasteiger partial charge in [-0.05, 0) is 44.4 Å². The van der Waals surface area contributed by atoms with Gasteiger partial charge in [0.2, 0.25) is 0 Å². The molecule has 0 amide bonds. The smallest absolute Gasteiger partial charge is 0.159 e. The van der Waals surface area contributed by atoms with Crippen LogP contribution in [0.1, 0.15) is 53.4 Å². The van der Waals surface area contributed by atoms with Crippen molar-refractivity contribution in [3.8, 4) is 0 Å². The molecule has 3 aliphatic carbocycles. The molecule has 1 aliphatic heterocycles. The van der Waals surface area contributed by atoms with E-state index < -0.39 is 0 Å². The van der Waals surface area contributed by atoms with Gasteiger partial charge in [0, 0.05) is 17.9 Å². The molecule has 4 rings (SSSR count). The molecule has 3 saturated carbocycles. The highest BCUT2D eigenvalue weighted by Crippen LogP contribution is 2.66. The van der Waals surface area contributed by atoms with E-state index in [-0.39, 0.29) is 11.4 Å². The molecular weight excluding hydrogens is 212 g/mol. The Morgan fingerprint density at radius 3 is 2.59 bits per heavy atom. The van der Waals surface area contributed by atoms with Gasteiger partial charge < -0.3 is 4.74 Å². The van der Waals surface area contributed by atoms with E-state index in [1.165, 1.54) is 12.8 Å². The van der Waals surface area contributed by atoms with Crippen molar-refractivity contribution in [1.82, 2.24) is 0 Å². The van der Waals surface area contributed by atoms with Crippen molar-refractivity contribution >= 4 is 5.78 Å². The van der Waals surface area contributed by atoms with E-state index >= 15 is 0 Å². The van der Waals surface area contributed by atoms with E-state index in [2.05, 4.69) is 13.8 Å². The molecule has 3 fully saturated rings. The highest BCUT2D eigenvalue weighted by Gasteiger charge is 2.64. The minimum atomic E-state index is -0.0384. The summed E-state index contributed by atoms with van der Waals surface area (Å²) in [5.74, 6) is 2.60. The Labute approximate surface area is 103 Å². The summed E-state index contributed by atoms with van der Waals surface area (Å²) in [4.78, 5) is 11.6. The summed E-state index contributed by atoms with van der Waals surface area (Å²) in [5, 5.41) is 0. The Morgan fingerprint density at radius 2 is 2.12 bits per heavy atom. The fourth-order valence-electron chi connectivity index (χ4n) is 4.52. The number of hydrogen-bond acceptors (Lipinski definition) is 2. The monoisotopic (exact) mass is 234 g/mol. The highest BCUT2D eigenvalue weighted by atomic mass is 16.5. The van der Waals surface area contributed by atoms with Gasteiger partial charge in [0.15, 0.2) is 5.78 Å². The van der Waals surface area contributed by atoms with E-state index in [4.69, 9.17) is 4.74 Å². The maximum absolute atomic E-state index is 11.6. The second-order valence-corrected chi connectivity index (χ2v) is 6.78. The number of Topliss-reactive ketones (excluding diaryl/α,β-unsaturated/α-hetero) is 1. The quantitative estimate of drug-likeness (QED) is 0.694. The number of fused-ring (bicyclic) bond motifs is 1. The number of ether oxygens (including phenoxy) is 1. The maximum atomic E-state index is 11.6. The molecule has 2 heteroatoms. The SMILES string of the molecule is CC(=O)C1=C(C)OC2(CC[C@@H]3C[C@H]2C3(C)C)C1. The van der Waals surface area contributed by atoms with Crippen LogP contribution in [0.4, 0.5) is 0 Å². The van der Waals surface area contributed by atoms with E-state index in [9.17, 15) is 4.79 Å². The lowest BCUT2D eigenvalue weighted by Crippen LogP contribution is -2.61. The van der Waals surface area contributed by atoms with Crippen LogP contribution < -0.4 is 0 Å². The third kappa shape index (κ3) is 1.30. The molecule has 2 nitrogen and oxygen atoms in total. The fourth-order valence-corrected chi connectivity index (χ4v) is 4.52. The molecule has 2 bridgehead atoms. The zero-order chi connectivity index (χ0) is 12.4. The summed E-state index contributed by atoms with van der Waals surface area (Å²) < 4.78 is 6.21. The number of allylic oxidation sites excluding steroid dienone is 1. The molecule has 0 N–H and O–H groups in total. The second kappa shape index (κ2) is 3.15. The first-order valence-corrected chi connectivity index (χ1v) is 6.76. The normalized spacial score (nSPS) is 42.4. The summed E-state index contributed by atoms with van der Waals surface area (Å²) >= 11 is 0. The largest absolute Gasteiger partial charge is 0.491 e. The standard InChI is InChI=1S/C15H22O2/c1-9(16)12-8-15(17-10(12)2)6-5-11-7-13(15)14(11,3)4/h11,13H,5-8H2,1-4H3/t11-,13+,15?/m1/s1. The van der Waals surface area contributed by atoms with Crippen LogP contribution >= 0.6 is 0 Å². The number of carbonyl (C=O) groups is 1. The molecule has 94 valence electrons. The zero-order valence-corrected chi connectivity index (χ0v) is 11.3. The van der Waals surface area contributed by atoms with Crippen LogP contribution in [0.2, 0.25) is 0 Å². The average Bonchev–Trinajstić information content (AvgIpc) is 2.55. The topological polar surface area (TPSA) is 26.3 Å². The summed E-state index contributed by atoms with van der Waals surface area (Å²) in [6.07, 6.45) is 4.56. The lowest BCUT2D eigenvalue weighted by Gasteiger charge is -2.63. The summed E-state index contributed by atoms with van der Waals surface area (Å²) in [6, 6.07) is 0. The van der Waals surface area contributed by atoms with Gasteiger partial charge in [-0.1, -0.05) is 13.8 Å². The summed E-state index contributed by atoms with van der Waals surface area (Å²) in [6.45, 7) is 8.37. The van der Waals surface area contributed by atoms with Gasteiger partial charge in [0.05, 0.1) is 0 Å². The Balaban J connectivity index is 1.89. The highest BCUT2D eigenvalue weighted by molar-refractivity contribution is 5.94. The van der Waals surface area contributed by atoms with Crippen molar-refractivity contribution in [2.24, 2.45) is 17.3 Å². The van der Waals surface area contributed by atoms with Crippen LogP contribution in [-0.4, -0.2) is 11.4 Å². The van der Waals surface area contributed by atoms with Crippen molar-refractivity contribution in [2.75, 3.05) is 0 Å². The van der Waals surface area contributed by atoms with Crippen LogP contribution in [0.15, 0.2) is 11.3 Å². The Hall–Kier alpha value is -0.790. The number of rotatable bonds is 1. The third-order valence-electron chi connectivity index (χ3n) is 5.70. The minimum Gasteiger partial charge on any atom is -0.491 e. The Kier molecular flexibility index (Phi) is 2.10. The van der Waals surface area contributed by atoms with Gasteiger partial charge in [-0.25, -0.2) is 0 Å². The van der Waals surface area contributed by atoms with E-state index in [1.54, 1.807) is 6.92 Å². The van der Waals surface area contributed by atoms with E-state index in [1.807, 2.05) is 6.92 Å². The zero-order valence-electron chi connectivity index (χ0n) is 11.3. The van der Waals surface area contributed by atoms with Crippen LogP contribution in [0.3, 0.4) is 0 Å². The van der Waals surface area contributed by atoms with Crippen LogP contribution in [0.25, 0.3) is 0 Å². The first-order chi connectivity index (χ1) is 7.87. The molecule has 0 saturated heterocycles. The predicted molar refractivity (Wildman–Crippen MR) is 66.4 cm³/mol. The lowest BCUT2D eigenvalue weighted by atomic mass is 9.43. The number of ketones is 1. The Bertz CT molecular complexity index is 417. The van der Waals surface area contributed by atoms with Crippen molar-refractivity contribution in [3.05, 3.63) is 11.3 Å². The van der Waals surface area contributed by atoms with Gasteiger partial charge >= 0.3 is 0 Å².